The van der Waals surface area contributed by atoms with Gasteiger partial charge in [0.05, 0.1) is 0 Å². The summed E-state index contributed by atoms with van der Waals surface area (Å²) < 4.78 is 0. The normalized spacial score (nSPS) is 19.2. The smallest absolute Gasteiger partial charge is 0.00222 e. The van der Waals surface area contributed by atoms with Crippen molar-refractivity contribution in [2.75, 3.05) is 33.7 Å². The van der Waals surface area contributed by atoms with E-state index in [-0.39, 0.29) is 12.4 Å². The summed E-state index contributed by atoms with van der Waals surface area (Å²) in [7, 11) is 4.31. The second-order valence-corrected chi connectivity index (χ2v) is 3.79. The van der Waals surface area contributed by atoms with Crippen LogP contribution >= 0.6 is 12.4 Å². The second-order valence-electron chi connectivity index (χ2n) is 3.79. The first-order valence-electron chi connectivity index (χ1n) is 4.64. The standard InChI is InChI=1S/C9H20N2.ClH/c1-11(2)8-5-9-3-6-10-7-4-9;/h9-10H,3-8H2,1-2H3;1H. The Labute approximate surface area is 82.1 Å². The molecule has 1 rings (SSSR count). The predicted octanol–water partition coefficient (Wildman–Crippen LogP) is 1.36. The number of rotatable bonds is 3. The summed E-state index contributed by atoms with van der Waals surface area (Å²) in [5.74, 6) is 0.985. The van der Waals surface area contributed by atoms with E-state index in [0.717, 1.165) is 5.92 Å². The van der Waals surface area contributed by atoms with Gasteiger partial charge in [-0.2, -0.15) is 0 Å². The Morgan fingerprint density at radius 1 is 1.25 bits per heavy atom. The molecule has 1 aliphatic rings. The molecule has 0 aliphatic carbocycles. The molecule has 1 fully saturated rings. The van der Waals surface area contributed by atoms with Crippen LogP contribution < -0.4 is 5.32 Å². The fraction of sp³-hybridized carbons (Fsp3) is 1.00. The minimum absolute atomic E-state index is 0. The van der Waals surface area contributed by atoms with Crippen molar-refractivity contribution in [2.24, 2.45) is 5.92 Å². The molecule has 0 atom stereocenters. The van der Waals surface area contributed by atoms with E-state index < -0.39 is 0 Å². The number of hydrogen-bond donors (Lipinski definition) is 1. The van der Waals surface area contributed by atoms with Gasteiger partial charge < -0.3 is 10.2 Å². The lowest BCUT2D eigenvalue weighted by Gasteiger charge is -2.23. The zero-order valence-electron chi connectivity index (χ0n) is 8.18. The van der Waals surface area contributed by atoms with E-state index in [1.807, 2.05) is 0 Å². The van der Waals surface area contributed by atoms with E-state index >= 15 is 0 Å². The first-order valence-corrected chi connectivity index (χ1v) is 4.64. The molecule has 0 spiro atoms. The van der Waals surface area contributed by atoms with Crippen LogP contribution in [0.2, 0.25) is 0 Å². The molecule has 0 aromatic rings. The van der Waals surface area contributed by atoms with E-state index in [9.17, 15) is 0 Å². The van der Waals surface area contributed by atoms with Gasteiger partial charge in [-0.1, -0.05) is 0 Å². The van der Waals surface area contributed by atoms with E-state index in [2.05, 4.69) is 24.3 Å². The van der Waals surface area contributed by atoms with Gasteiger partial charge in [-0.3, -0.25) is 0 Å². The monoisotopic (exact) mass is 192 g/mol. The maximum Gasteiger partial charge on any atom is -0.00222 e. The summed E-state index contributed by atoms with van der Waals surface area (Å²) in [6.07, 6.45) is 4.15. The summed E-state index contributed by atoms with van der Waals surface area (Å²) in [5.41, 5.74) is 0. The summed E-state index contributed by atoms with van der Waals surface area (Å²) in [4.78, 5) is 2.28. The SMILES string of the molecule is CN(C)CCC1CCNCC1.Cl. The highest BCUT2D eigenvalue weighted by Crippen LogP contribution is 2.15. The molecule has 0 aromatic carbocycles. The molecular weight excluding hydrogens is 172 g/mol. The summed E-state index contributed by atoms with van der Waals surface area (Å²) in [6, 6.07) is 0. The third-order valence-corrected chi connectivity index (χ3v) is 2.44. The maximum absolute atomic E-state index is 3.39. The van der Waals surface area contributed by atoms with Gasteiger partial charge in [-0.15, -0.1) is 12.4 Å². The van der Waals surface area contributed by atoms with Crippen LogP contribution in [-0.2, 0) is 0 Å². The van der Waals surface area contributed by atoms with Crippen LogP contribution in [0.15, 0.2) is 0 Å². The summed E-state index contributed by atoms with van der Waals surface area (Å²) in [5, 5.41) is 3.39. The molecular formula is C9H21ClN2. The Morgan fingerprint density at radius 3 is 2.33 bits per heavy atom. The maximum atomic E-state index is 3.39. The van der Waals surface area contributed by atoms with Crippen molar-refractivity contribution in [3.05, 3.63) is 0 Å². The number of hydrogen-bond acceptors (Lipinski definition) is 2. The van der Waals surface area contributed by atoms with Crippen molar-refractivity contribution in [1.29, 1.82) is 0 Å². The number of nitrogens with one attached hydrogen (secondary N) is 1. The average Bonchev–Trinajstić information content (AvgIpc) is 2.03. The molecule has 0 aromatic heterocycles. The zero-order valence-corrected chi connectivity index (χ0v) is 8.99. The molecule has 1 saturated heterocycles. The van der Waals surface area contributed by atoms with Crippen LogP contribution in [0, 0.1) is 5.92 Å². The van der Waals surface area contributed by atoms with Crippen molar-refractivity contribution >= 4 is 12.4 Å². The van der Waals surface area contributed by atoms with E-state index in [0.29, 0.717) is 0 Å². The van der Waals surface area contributed by atoms with Gasteiger partial charge in [0.25, 0.3) is 0 Å². The number of piperidine rings is 1. The first-order chi connectivity index (χ1) is 5.29. The highest BCUT2D eigenvalue weighted by atomic mass is 35.5. The van der Waals surface area contributed by atoms with Crippen LogP contribution in [0.3, 0.4) is 0 Å². The number of halogens is 1. The van der Waals surface area contributed by atoms with Gasteiger partial charge in [0.1, 0.15) is 0 Å². The van der Waals surface area contributed by atoms with Gasteiger partial charge in [-0.05, 0) is 58.9 Å². The third kappa shape index (κ3) is 4.96. The van der Waals surface area contributed by atoms with Gasteiger partial charge in [-0.25, -0.2) is 0 Å². The van der Waals surface area contributed by atoms with E-state index in [1.54, 1.807) is 0 Å². The summed E-state index contributed by atoms with van der Waals surface area (Å²) >= 11 is 0. The van der Waals surface area contributed by atoms with Crippen LogP contribution in [0.1, 0.15) is 19.3 Å². The Hall–Kier alpha value is 0.210. The molecule has 1 heterocycles. The fourth-order valence-corrected chi connectivity index (χ4v) is 1.61. The molecule has 0 unspecified atom stereocenters. The molecule has 0 saturated carbocycles. The Kier molecular flexibility index (Phi) is 6.81. The Balaban J connectivity index is 0.00000121. The summed E-state index contributed by atoms with van der Waals surface area (Å²) in [6.45, 7) is 3.72. The quantitative estimate of drug-likeness (QED) is 0.727. The molecule has 0 radical (unpaired) electrons. The van der Waals surface area contributed by atoms with Crippen LogP contribution in [-0.4, -0.2) is 38.6 Å². The van der Waals surface area contributed by atoms with Gasteiger partial charge in [0.15, 0.2) is 0 Å². The van der Waals surface area contributed by atoms with Crippen molar-refractivity contribution in [1.82, 2.24) is 10.2 Å². The number of nitrogens with zero attached hydrogens (tertiary/aromatic N) is 1. The third-order valence-electron chi connectivity index (χ3n) is 2.44. The lowest BCUT2D eigenvalue weighted by molar-refractivity contribution is 0.300. The van der Waals surface area contributed by atoms with Crippen LogP contribution in [0.25, 0.3) is 0 Å². The lowest BCUT2D eigenvalue weighted by atomic mass is 9.95. The Bertz CT molecular complexity index is 101. The molecule has 0 amide bonds. The zero-order chi connectivity index (χ0) is 8.10. The predicted molar refractivity (Wildman–Crippen MR) is 56.0 cm³/mol. The fourth-order valence-electron chi connectivity index (χ4n) is 1.61. The van der Waals surface area contributed by atoms with Crippen molar-refractivity contribution < 1.29 is 0 Å². The topological polar surface area (TPSA) is 15.3 Å². The molecule has 74 valence electrons. The van der Waals surface area contributed by atoms with E-state index in [1.165, 1.54) is 38.9 Å². The molecule has 3 heteroatoms. The Morgan fingerprint density at radius 2 is 1.83 bits per heavy atom. The largest absolute Gasteiger partial charge is 0.317 e. The molecule has 0 bridgehead atoms. The molecule has 12 heavy (non-hydrogen) atoms. The van der Waals surface area contributed by atoms with Crippen LogP contribution in [0.5, 0.6) is 0 Å². The highest BCUT2D eigenvalue weighted by Gasteiger charge is 2.12. The minimum atomic E-state index is 0. The average molecular weight is 193 g/mol. The highest BCUT2D eigenvalue weighted by molar-refractivity contribution is 5.85. The first kappa shape index (κ1) is 12.2. The lowest BCUT2D eigenvalue weighted by Crippen LogP contribution is -2.29. The van der Waals surface area contributed by atoms with E-state index in [4.69, 9.17) is 0 Å². The van der Waals surface area contributed by atoms with Crippen LogP contribution in [0.4, 0.5) is 0 Å². The van der Waals surface area contributed by atoms with Crippen molar-refractivity contribution in [2.45, 2.75) is 19.3 Å². The molecule has 2 nitrogen and oxygen atoms in total. The van der Waals surface area contributed by atoms with Gasteiger partial charge in [0, 0.05) is 0 Å². The van der Waals surface area contributed by atoms with Crippen molar-refractivity contribution in [3.8, 4) is 0 Å². The van der Waals surface area contributed by atoms with Gasteiger partial charge in [0.2, 0.25) is 0 Å². The van der Waals surface area contributed by atoms with Gasteiger partial charge >= 0.3 is 0 Å². The van der Waals surface area contributed by atoms with Crippen molar-refractivity contribution in [3.63, 3.8) is 0 Å². The minimum Gasteiger partial charge on any atom is -0.317 e. The molecule has 1 aliphatic heterocycles. The molecule has 1 N–H and O–H groups in total. The second kappa shape index (κ2) is 6.70.